The Morgan fingerprint density at radius 3 is 2.67 bits per heavy atom. The number of hydrogen-bond acceptors (Lipinski definition) is 4. The Kier molecular flexibility index (Phi) is 5.30. The van der Waals surface area contributed by atoms with E-state index in [1.807, 2.05) is 30.3 Å². The van der Waals surface area contributed by atoms with Crippen LogP contribution in [0.2, 0.25) is 0 Å². The van der Waals surface area contributed by atoms with Crippen LogP contribution in [0.15, 0.2) is 46.9 Å². The summed E-state index contributed by atoms with van der Waals surface area (Å²) in [4.78, 5) is 10.5. The number of methoxy groups -OCH3 is 1. The lowest BCUT2D eigenvalue weighted by molar-refractivity contribution is -0.385. The molecule has 0 bridgehead atoms. The molecule has 2 aromatic carbocycles. The van der Waals surface area contributed by atoms with Gasteiger partial charge in [-0.25, -0.2) is 0 Å². The number of ether oxygens (including phenoxy) is 1. The van der Waals surface area contributed by atoms with E-state index in [0.717, 1.165) is 15.6 Å². The fourth-order valence-electron chi connectivity index (χ4n) is 1.97. The van der Waals surface area contributed by atoms with Crippen LogP contribution in [0.1, 0.15) is 11.1 Å². The van der Waals surface area contributed by atoms with Crippen LogP contribution in [0, 0.1) is 10.1 Å². The van der Waals surface area contributed by atoms with Crippen molar-refractivity contribution < 1.29 is 9.66 Å². The number of nitro groups is 1. The van der Waals surface area contributed by atoms with Crippen LogP contribution in [0.3, 0.4) is 0 Å². The summed E-state index contributed by atoms with van der Waals surface area (Å²) in [5.74, 6) is 0.273. The van der Waals surface area contributed by atoms with Gasteiger partial charge in [0.05, 0.1) is 12.0 Å². The van der Waals surface area contributed by atoms with E-state index in [0.29, 0.717) is 13.1 Å². The monoisotopic (exact) mass is 350 g/mol. The van der Waals surface area contributed by atoms with Crippen molar-refractivity contribution in [2.75, 3.05) is 7.11 Å². The van der Waals surface area contributed by atoms with Crippen molar-refractivity contribution in [1.82, 2.24) is 5.32 Å². The third-order valence-corrected chi connectivity index (χ3v) is 3.82. The predicted molar refractivity (Wildman–Crippen MR) is 84.3 cm³/mol. The van der Waals surface area contributed by atoms with Crippen LogP contribution in [0.4, 0.5) is 5.69 Å². The van der Waals surface area contributed by atoms with E-state index in [4.69, 9.17) is 4.74 Å². The van der Waals surface area contributed by atoms with Gasteiger partial charge < -0.3 is 10.1 Å². The Labute approximate surface area is 131 Å². The summed E-state index contributed by atoms with van der Waals surface area (Å²) in [6.45, 7) is 1.23. The zero-order valence-corrected chi connectivity index (χ0v) is 13.1. The summed E-state index contributed by atoms with van der Waals surface area (Å²) in [5, 5.41) is 14.2. The second kappa shape index (κ2) is 7.19. The molecule has 2 aromatic rings. The molecule has 0 aromatic heterocycles. The second-order valence-corrected chi connectivity index (χ2v) is 5.31. The first kappa shape index (κ1) is 15.5. The largest absolute Gasteiger partial charge is 0.490 e. The average Bonchev–Trinajstić information content (AvgIpc) is 2.49. The van der Waals surface area contributed by atoms with Gasteiger partial charge in [0.25, 0.3) is 0 Å². The molecule has 0 amide bonds. The van der Waals surface area contributed by atoms with E-state index in [1.165, 1.54) is 13.2 Å². The minimum atomic E-state index is -0.434. The van der Waals surface area contributed by atoms with Gasteiger partial charge in [-0.1, -0.05) is 40.2 Å². The molecule has 0 aliphatic rings. The molecule has 110 valence electrons. The number of nitrogens with zero attached hydrogens (tertiary/aromatic N) is 1. The number of benzene rings is 2. The minimum Gasteiger partial charge on any atom is -0.490 e. The molecule has 5 nitrogen and oxygen atoms in total. The van der Waals surface area contributed by atoms with Gasteiger partial charge in [-0.05, 0) is 23.3 Å². The molecule has 0 fully saturated rings. The first-order valence-electron chi connectivity index (χ1n) is 6.37. The molecule has 21 heavy (non-hydrogen) atoms. The molecule has 0 spiro atoms. The minimum absolute atomic E-state index is 0.0160. The summed E-state index contributed by atoms with van der Waals surface area (Å²) in [6, 6.07) is 12.9. The van der Waals surface area contributed by atoms with Crippen LogP contribution < -0.4 is 10.1 Å². The summed E-state index contributed by atoms with van der Waals surface area (Å²) in [5.41, 5.74) is 1.97. The second-order valence-electron chi connectivity index (χ2n) is 4.46. The summed E-state index contributed by atoms with van der Waals surface area (Å²) in [6.07, 6.45) is 0. The van der Waals surface area contributed by atoms with Gasteiger partial charge in [0.1, 0.15) is 0 Å². The first-order chi connectivity index (χ1) is 10.1. The number of nitrogens with one attached hydrogen (secondary N) is 1. The van der Waals surface area contributed by atoms with Crippen molar-refractivity contribution in [3.63, 3.8) is 0 Å². The molecule has 2 rings (SSSR count). The zero-order valence-electron chi connectivity index (χ0n) is 11.5. The van der Waals surface area contributed by atoms with Gasteiger partial charge >= 0.3 is 5.69 Å². The van der Waals surface area contributed by atoms with E-state index < -0.39 is 4.92 Å². The van der Waals surface area contributed by atoms with Crippen LogP contribution in [-0.4, -0.2) is 12.0 Å². The van der Waals surface area contributed by atoms with Gasteiger partial charge in [0.15, 0.2) is 5.75 Å². The molecular weight excluding hydrogens is 336 g/mol. The highest BCUT2D eigenvalue weighted by Crippen LogP contribution is 2.27. The van der Waals surface area contributed by atoms with E-state index in [2.05, 4.69) is 21.2 Å². The Bertz CT molecular complexity index is 647. The van der Waals surface area contributed by atoms with E-state index >= 15 is 0 Å². The molecule has 0 saturated carbocycles. The highest BCUT2D eigenvalue weighted by Gasteiger charge is 2.14. The molecule has 0 aliphatic heterocycles. The molecule has 0 heterocycles. The lowest BCUT2D eigenvalue weighted by atomic mass is 10.1. The van der Waals surface area contributed by atoms with Gasteiger partial charge in [-0.2, -0.15) is 0 Å². The lowest BCUT2D eigenvalue weighted by Crippen LogP contribution is -2.13. The number of halogens is 1. The van der Waals surface area contributed by atoms with Crippen LogP contribution in [0.25, 0.3) is 0 Å². The normalized spacial score (nSPS) is 10.4. The van der Waals surface area contributed by atoms with Crippen molar-refractivity contribution in [3.05, 3.63) is 68.2 Å². The Hall–Kier alpha value is -1.92. The van der Waals surface area contributed by atoms with Crippen molar-refractivity contribution in [3.8, 4) is 5.75 Å². The molecule has 0 atom stereocenters. The number of nitro benzene ring substituents is 1. The molecule has 1 N–H and O–H groups in total. The topological polar surface area (TPSA) is 64.4 Å². The number of rotatable bonds is 6. The number of hydrogen-bond donors (Lipinski definition) is 1. The highest BCUT2D eigenvalue weighted by molar-refractivity contribution is 9.10. The third kappa shape index (κ3) is 4.03. The van der Waals surface area contributed by atoms with Gasteiger partial charge in [0, 0.05) is 23.6 Å². The highest BCUT2D eigenvalue weighted by atomic mass is 79.9. The van der Waals surface area contributed by atoms with Crippen molar-refractivity contribution >= 4 is 21.6 Å². The summed E-state index contributed by atoms with van der Waals surface area (Å²) >= 11 is 3.49. The van der Waals surface area contributed by atoms with E-state index in [1.54, 1.807) is 6.07 Å². The molecule has 0 radical (unpaired) electrons. The molecule has 0 unspecified atom stereocenters. The molecule has 6 heteroatoms. The molecular formula is C15H15BrN2O3. The summed E-state index contributed by atoms with van der Waals surface area (Å²) in [7, 11) is 1.42. The van der Waals surface area contributed by atoms with Crippen LogP contribution >= 0.6 is 15.9 Å². The Morgan fingerprint density at radius 2 is 2.00 bits per heavy atom. The quantitative estimate of drug-likeness (QED) is 0.637. The van der Waals surface area contributed by atoms with Gasteiger partial charge in [-0.3, -0.25) is 10.1 Å². The lowest BCUT2D eigenvalue weighted by Gasteiger charge is -2.08. The van der Waals surface area contributed by atoms with Gasteiger partial charge in [0.2, 0.25) is 0 Å². The maximum Gasteiger partial charge on any atom is 0.311 e. The predicted octanol–water partition coefficient (Wildman–Crippen LogP) is 3.66. The molecule has 0 saturated heterocycles. The van der Waals surface area contributed by atoms with Crippen molar-refractivity contribution in [2.24, 2.45) is 0 Å². The summed E-state index contributed by atoms with van der Waals surface area (Å²) < 4.78 is 6.02. The van der Waals surface area contributed by atoms with Crippen molar-refractivity contribution in [2.45, 2.75) is 13.1 Å². The van der Waals surface area contributed by atoms with E-state index in [-0.39, 0.29) is 11.4 Å². The van der Waals surface area contributed by atoms with Crippen molar-refractivity contribution in [1.29, 1.82) is 0 Å². The van der Waals surface area contributed by atoms with E-state index in [9.17, 15) is 10.1 Å². The Balaban J connectivity index is 2.02. The third-order valence-electron chi connectivity index (χ3n) is 3.04. The zero-order chi connectivity index (χ0) is 15.2. The fraction of sp³-hybridized carbons (Fsp3) is 0.200. The SMILES string of the molecule is COc1ccc(CNCc2ccccc2Br)cc1[N+](=O)[O-]. The maximum atomic E-state index is 11.0. The fourth-order valence-corrected chi connectivity index (χ4v) is 2.40. The molecule has 0 aliphatic carbocycles. The first-order valence-corrected chi connectivity index (χ1v) is 7.16. The van der Waals surface area contributed by atoms with Crippen LogP contribution in [0.5, 0.6) is 5.75 Å². The average molecular weight is 351 g/mol. The van der Waals surface area contributed by atoms with Gasteiger partial charge in [-0.15, -0.1) is 0 Å². The smallest absolute Gasteiger partial charge is 0.311 e. The standard InChI is InChI=1S/C15H15BrN2O3/c1-21-15-7-6-11(8-14(15)18(19)20)9-17-10-12-4-2-3-5-13(12)16/h2-8,17H,9-10H2,1H3. The van der Waals surface area contributed by atoms with Crippen LogP contribution in [-0.2, 0) is 13.1 Å². The maximum absolute atomic E-state index is 11.0. The Morgan fingerprint density at radius 1 is 1.24 bits per heavy atom.